The van der Waals surface area contributed by atoms with Gasteiger partial charge in [-0.05, 0) is 42.3 Å². The van der Waals surface area contributed by atoms with E-state index in [-0.39, 0.29) is 24.2 Å². The highest BCUT2D eigenvalue weighted by molar-refractivity contribution is 6.03. The molecule has 3 rings (SSSR count). The summed E-state index contributed by atoms with van der Waals surface area (Å²) in [5, 5.41) is 2.82. The van der Waals surface area contributed by atoms with E-state index in [9.17, 15) is 14.4 Å². The number of hydrogen-bond donors (Lipinski definition) is 1. The lowest BCUT2D eigenvalue weighted by atomic mass is 10.1. The molecule has 2 aromatic carbocycles. The Bertz CT molecular complexity index is 923. The maximum Gasteiger partial charge on any atom is 0.338 e. The van der Waals surface area contributed by atoms with Gasteiger partial charge in [0.05, 0.1) is 25.2 Å². The minimum atomic E-state index is -0.459. The van der Waals surface area contributed by atoms with Crippen molar-refractivity contribution in [1.82, 2.24) is 0 Å². The number of nitrogens with zero attached hydrogens (tertiary/aromatic N) is 1. The molecule has 2 aromatic rings. The topological polar surface area (TPSA) is 84.9 Å². The molecule has 7 nitrogen and oxygen atoms in total. The molecular formula is C23H26N2O5. The molecule has 0 unspecified atom stereocenters. The summed E-state index contributed by atoms with van der Waals surface area (Å²) in [4.78, 5) is 38.7. The Morgan fingerprint density at radius 2 is 1.90 bits per heavy atom. The third-order valence-electron chi connectivity index (χ3n) is 4.80. The second kappa shape index (κ2) is 9.43. The molecule has 7 heteroatoms. The van der Waals surface area contributed by atoms with Crippen LogP contribution in [0.2, 0.25) is 0 Å². The third kappa shape index (κ3) is 5.17. The van der Waals surface area contributed by atoms with Gasteiger partial charge in [0.25, 0.3) is 0 Å². The Hall–Kier alpha value is -3.35. The minimum absolute atomic E-state index is 0.105. The van der Waals surface area contributed by atoms with Crippen molar-refractivity contribution in [3.63, 3.8) is 0 Å². The lowest BCUT2D eigenvalue weighted by Gasteiger charge is -2.17. The van der Waals surface area contributed by atoms with E-state index in [4.69, 9.17) is 9.47 Å². The molecule has 0 aliphatic carbocycles. The van der Waals surface area contributed by atoms with E-state index in [0.29, 0.717) is 35.8 Å². The Kier molecular flexibility index (Phi) is 6.72. The fourth-order valence-corrected chi connectivity index (χ4v) is 3.17. The first-order chi connectivity index (χ1) is 14.4. The van der Waals surface area contributed by atoms with E-state index < -0.39 is 11.9 Å². The maximum absolute atomic E-state index is 12.7. The molecule has 158 valence electrons. The predicted molar refractivity (Wildman–Crippen MR) is 114 cm³/mol. The molecule has 1 N–H and O–H groups in total. The molecule has 0 radical (unpaired) electrons. The summed E-state index contributed by atoms with van der Waals surface area (Å²) in [6.45, 7) is 4.60. The van der Waals surface area contributed by atoms with E-state index in [2.05, 4.69) is 5.32 Å². The molecule has 0 aromatic heterocycles. The van der Waals surface area contributed by atoms with Crippen molar-refractivity contribution in [1.29, 1.82) is 0 Å². The number of benzene rings is 2. The van der Waals surface area contributed by atoms with Crippen molar-refractivity contribution in [2.24, 2.45) is 11.8 Å². The Balaban J connectivity index is 1.59. The number of nitrogens with one attached hydrogen (secondary N) is 1. The molecule has 1 atom stereocenters. The van der Waals surface area contributed by atoms with Crippen LogP contribution in [0.3, 0.4) is 0 Å². The molecule has 0 saturated carbocycles. The third-order valence-corrected chi connectivity index (χ3v) is 4.80. The molecular weight excluding hydrogens is 384 g/mol. The number of esters is 1. The van der Waals surface area contributed by atoms with Gasteiger partial charge in [0.15, 0.2) is 0 Å². The Labute approximate surface area is 176 Å². The van der Waals surface area contributed by atoms with Crippen molar-refractivity contribution in [2.45, 2.75) is 20.3 Å². The molecule has 1 aliphatic heterocycles. The lowest BCUT2D eigenvalue weighted by molar-refractivity contribution is -0.122. The predicted octanol–water partition coefficient (Wildman–Crippen LogP) is 3.50. The second-order valence-corrected chi connectivity index (χ2v) is 7.67. The zero-order chi connectivity index (χ0) is 21.7. The molecule has 0 bridgehead atoms. The first-order valence-electron chi connectivity index (χ1n) is 9.90. The van der Waals surface area contributed by atoms with Crippen molar-refractivity contribution in [3.05, 3.63) is 54.1 Å². The van der Waals surface area contributed by atoms with Gasteiger partial charge < -0.3 is 19.7 Å². The van der Waals surface area contributed by atoms with Gasteiger partial charge in [0.1, 0.15) is 5.75 Å². The van der Waals surface area contributed by atoms with Gasteiger partial charge in [-0.15, -0.1) is 0 Å². The standard InChI is InChI=1S/C23H26N2O5/c1-15(2)14-30-23(28)16-7-9-18(10-8-16)24-22(27)17-11-21(26)25(13-17)19-5-4-6-20(12-19)29-3/h4-10,12,15,17H,11,13-14H2,1-3H3,(H,24,27)/t17-/m1/s1. The van der Waals surface area contributed by atoms with Gasteiger partial charge in [0, 0.05) is 30.4 Å². The average molecular weight is 410 g/mol. The van der Waals surface area contributed by atoms with Gasteiger partial charge in [-0.3, -0.25) is 9.59 Å². The molecule has 1 saturated heterocycles. The van der Waals surface area contributed by atoms with Gasteiger partial charge in [-0.1, -0.05) is 19.9 Å². The van der Waals surface area contributed by atoms with Gasteiger partial charge in [-0.25, -0.2) is 4.79 Å². The molecule has 2 amide bonds. The molecule has 1 fully saturated rings. The van der Waals surface area contributed by atoms with Gasteiger partial charge in [-0.2, -0.15) is 0 Å². The van der Waals surface area contributed by atoms with Crippen molar-refractivity contribution in [2.75, 3.05) is 30.5 Å². The maximum atomic E-state index is 12.7. The number of amides is 2. The largest absolute Gasteiger partial charge is 0.497 e. The van der Waals surface area contributed by atoms with Crippen LogP contribution in [0, 0.1) is 11.8 Å². The zero-order valence-electron chi connectivity index (χ0n) is 17.4. The summed E-state index contributed by atoms with van der Waals surface area (Å²) < 4.78 is 10.4. The van der Waals surface area contributed by atoms with Crippen LogP contribution >= 0.6 is 0 Å². The summed E-state index contributed by atoms with van der Waals surface area (Å²) in [5.41, 5.74) is 1.69. The van der Waals surface area contributed by atoms with Crippen LogP contribution < -0.4 is 15.0 Å². The number of methoxy groups -OCH3 is 1. The van der Waals surface area contributed by atoms with Crippen LogP contribution in [0.4, 0.5) is 11.4 Å². The number of ether oxygens (including phenoxy) is 2. The number of anilines is 2. The van der Waals surface area contributed by atoms with E-state index in [1.54, 1.807) is 48.4 Å². The number of hydrogen-bond acceptors (Lipinski definition) is 5. The van der Waals surface area contributed by atoms with Crippen LogP contribution in [0.25, 0.3) is 0 Å². The summed E-state index contributed by atoms with van der Waals surface area (Å²) in [6, 6.07) is 13.7. The highest BCUT2D eigenvalue weighted by atomic mass is 16.5. The van der Waals surface area contributed by atoms with E-state index in [1.807, 2.05) is 26.0 Å². The Morgan fingerprint density at radius 1 is 1.17 bits per heavy atom. The highest BCUT2D eigenvalue weighted by Crippen LogP contribution is 2.28. The van der Waals surface area contributed by atoms with Crippen LogP contribution in [0.5, 0.6) is 5.75 Å². The number of carbonyl (C=O) groups is 3. The van der Waals surface area contributed by atoms with E-state index in [0.717, 1.165) is 0 Å². The normalized spacial score (nSPS) is 15.9. The molecule has 1 aliphatic rings. The van der Waals surface area contributed by atoms with Crippen molar-refractivity contribution >= 4 is 29.2 Å². The average Bonchev–Trinajstić information content (AvgIpc) is 3.14. The van der Waals surface area contributed by atoms with Crippen LogP contribution in [-0.4, -0.2) is 38.0 Å². The van der Waals surface area contributed by atoms with E-state index in [1.165, 1.54) is 0 Å². The summed E-state index contributed by atoms with van der Waals surface area (Å²) in [6.07, 6.45) is 0.142. The second-order valence-electron chi connectivity index (χ2n) is 7.67. The number of rotatable bonds is 7. The van der Waals surface area contributed by atoms with Gasteiger partial charge in [0.2, 0.25) is 11.8 Å². The highest BCUT2D eigenvalue weighted by Gasteiger charge is 2.35. The lowest BCUT2D eigenvalue weighted by Crippen LogP contribution is -2.28. The molecule has 30 heavy (non-hydrogen) atoms. The smallest absolute Gasteiger partial charge is 0.338 e. The van der Waals surface area contributed by atoms with E-state index >= 15 is 0 Å². The zero-order valence-corrected chi connectivity index (χ0v) is 17.4. The van der Waals surface area contributed by atoms with Crippen LogP contribution in [0.15, 0.2) is 48.5 Å². The SMILES string of the molecule is COc1cccc(N2C[C@H](C(=O)Nc3ccc(C(=O)OCC(C)C)cc3)CC2=O)c1. The monoisotopic (exact) mass is 410 g/mol. The fourth-order valence-electron chi connectivity index (χ4n) is 3.17. The minimum Gasteiger partial charge on any atom is -0.497 e. The molecule has 1 heterocycles. The van der Waals surface area contributed by atoms with Crippen molar-refractivity contribution < 1.29 is 23.9 Å². The summed E-state index contributed by atoms with van der Waals surface area (Å²) in [7, 11) is 1.57. The summed E-state index contributed by atoms with van der Waals surface area (Å²) in [5.74, 6) is -0.273. The Morgan fingerprint density at radius 3 is 2.57 bits per heavy atom. The molecule has 0 spiro atoms. The first-order valence-corrected chi connectivity index (χ1v) is 9.90. The quantitative estimate of drug-likeness (QED) is 0.706. The van der Waals surface area contributed by atoms with Crippen LogP contribution in [0.1, 0.15) is 30.6 Å². The fraction of sp³-hybridized carbons (Fsp3) is 0.348. The first kappa shape index (κ1) is 21.4. The van der Waals surface area contributed by atoms with Crippen LogP contribution in [-0.2, 0) is 14.3 Å². The van der Waals surface area contributed by atoms with Crippen molar-refractivity contribution in [3.8, 4) is 5.75 Å². The van der Waals surface area contributed by atoms with Gasteiger partial charge >= 0.3 is 5.97 Å². The number of carbonyl (C=O) groups excluding carboxylic acids is 3. The summed E-state index contributed by atoms with van der Waals surface area (Å²) >= 11 is 0.